The smallest absolute Gasteiger partial charge is 0.413 e. The maximum atomic E-state index is 12.6. The first kappa shape index (κ1) is 24.2. The molecule has 0 aliphatic carbocycles. The van der Waals surface area contributed by atoms with Crippen LogP contribution in [0.25, 0.3) is 11.3 Å². The Hall–Kier alpha value is -2.49. The van der Waals surface area contributed by atoms with Gasteiger partial charge < -0.3 is 9.47 Å². The minimum Gasteiger partial charge on any atom is -0.441 e. The van der Waals surface area contributed by atoms with Crippen molar-refractivity contribution in [2.75, 3.05) is 11.9 Å². The SMILES string of the molecule is C[C@@H](OC(=O)Nc1nn(COCC[Si](C)(C)C)nc1-c1ccc(Br)cc1)c1ccccc1. The van der Waals surface area contributed by atoms with E-state index >= 15 is 0 Å². The highest BCUT2D eigenvalue weighted by Crippen LogP contribution is 2.26. The minimum absolute atomic E-state index is 0.213. The lowest BCUT2D eigenvalue weighted by atomic mass is 10.1. The summed E-state index contributed by atoms with van der Waals surface area (Å²) in [6.45, 7) is 9.61. The van der Waals surface area contributed by atoms with Crippen LogP contribution >= 0.6 is 15.9 Å². The van der Waals surface area contributed by atoms with Gasteiger partial charge in [0, 0.05) is 24.7 Å². The van der Waals surface area contributed by atoms with Crippen molar-refractivity contribution in [3.05, 3.63) is 64.6 Å². The summed E-state index contributed by atoms with van der Waals surface area (Å²) in [4.78, 5) is 14.0. The molecule has 0 fully saturated rings. The molecule has 32 heavy (non-hydrogen) atoms. The summed E-state index contributed by atoms with van der Waals surface area (Å²) >= 11 is 3.44. The number of carbonyl (C=O) groups excluding carboxylic acids is 1. The molecular weight excluding hydrogens is 488 g/mol. The highest BCUT2D eigenvalue weighted by molar-refractivity contribution is 9.10. The fourth-order valence-corrected chi connectivity index (χ4v) is 3.92. The maximum absolute atomic E-state index is 12.6. The van der Waals surface area contributed by atoms with Gasteiger partial charge in [-0.3, -0.25) is 5.32 Å². The zero-order valence-corrected chi connectivity index (χ0v) is 21.4. The van der Waals surface area contributed by atoms with Gasteiger partial charge in [-0.25, -0.2) is 4.79 Å². The predicted octanol–water partition coefficient (Wildman–Crippen LogP) is 6.33. The Morgan fingerprint density at radius 2 is 1.78 bits per heavy atom. The van der Waals surface area contributed by atoms with Crippen LogP contribution in [0, 0.1) is 0 Å². The van der Waals surface area contributed by atoms with Crippen LogP contribution in [0.1, 0.15) is 18.6 Å². The first-order valence-electron chi connectivity index (χ1n) is 10.5. The van der Waals surface area contributed by atoms with E-state index in [9.17, 15) is 4.79 Å². The van der Waals surface area contributed by atoms with Crippen molar-refractivity contribution in [2.24, 2.45) is 0 Å². The maximum Gasteiger partial charge on any atom is 0.413 e. The fourth-order valence-electron chi connectivity index (χ4n) is 2.90. The molecule has 0 spiro atoms. The minimum atomic E-state index is -1.18. The lowest BCUT2D eigenvalue weighted by Gasteiger charge is -2.15. The molecule has 0 aliphatic rings. The average Bonchev–Trinajstić information content (AvgIpc) is 3.14. The van der Waals surface area contributed by atoms with Crippen molar-refractivity contribution in [1.29, 1.82) is 0 Å². The van der Waals surface area contributed by atoms with Gasteiger partial charge in [0.2, 0.25) is 0 Å². The van der Waals surface area contributed by atoms with Crippen molar-refractivity contribution in [1.82, 2.24) is 15.0 Å². The molecule has 2 aromatic carbocycles. The summed E-state index contributed by atoms with van der Waals surface area (Å²) < 4.78 is 12.3. The zero-order chi connectivity index (χ0) is 23.1. The molecule has 0 saturated carbocycles. The monoisotopic (exact) mass is 516 g/mol. The predicted molar refractivity (Wildman–Crippen MR) is 132 cm³/mol. The van der Waals surface area contributed by atoms with Crippen LogP contribution in [0.3, 0.4) is 0 Å². The normalized spacial score (nSPS) is 12.4. The van der Waals surface area contributed by atoms with E-state index in [1.807, 2.05) is 61.5 Å². The standard InChI is InChI=1S/C23H29BrN4O3Si/c1-17(18-8-6-5-7-9-18)31-23(29)25-22-21(19-10-12-20(24)13-11-19)26-28(27-22)16-30-14-15-32(2,3)4/h5-13,17H,14-16H2,1-4H3,(H,25,27,29)/t17-/m1/s1. The van der Waals surface area contributed by atoms with Crippen molar-refractivity contribution < 1.29 is 14.3 Å². The molecule has 0 aliphatic heterocycles. The molecule has 1 atom stereocenters. The van der Waals surface area contributed by atoms with Crippen molar-refractivity contribution in [2.45, 2.75) is 45.4 Å². The number of ether oxygens (including phenoxy) is 2. The van der Waals surface area contributed by atoms with Crippen molar-refractivity contribution in [3.8, 4) is 11.3 Å². The number of anilines is 1. The van der Waals surface area contributed by atoms with Gasteiger partial charge in [-0.1, -0.05) is 78.0 Å². The number of halogens is 1. The molecule has 0 unspecified atom stereocenters. The quantitative estimate of drug-likeness (QED) is 0.265. The second-order valence-corrected chi connectivity index (χ2v) is 15.2. The van der Waals surface area contributed by atoms with Crippen LogP contribution in [-0.2, 0) is 16.2 Å². The number of amides is 1. The van der Waals surface area contributed by atoms with Crippen LogP contribution in [-0.4, -0.2) is 35.8 Å². The molecule has 0 bridgehead atoms. The number of nitrogens with one attached hydrogen (secondary N) is 1. The number of carbonyl (C=O) groups is 1. The summed E-state index contributed by atoms with van der Waals surface area (Å²) in [7, 11) is -1.18. The zero-order valence-electron chi connectivity index (χ0n) is 18.8. The van der Waals surface area contributed by atoms with E-state index in [1.165, 1.54) is 4.80 Å². The van der Waals surface area contributed by atoms with Gasteiger partial charge in [0.1, 0.15) is 11.8 Å². The molecule has 1 N–H and O–H groups in total. The molecule has 0 saturated heterocycles. The Balaban J connectivity index is 1.72. The first-order chi connectivity index (χ1) is 15.2. The number of hydrogen-bond donors (Lipinski definition) is 1. The van der Waals surface area contributed by atoms with Crippen LogP contribution in [0.15, 0.2) is 59.1 Å². The Morgan fingerprint density at radius 1 is 1.09 bits per heavy atom. The first-order valence-corrected chi connectivity index (χ1v) is 15.0. The van der Waals surface area contributed by atoms with Gasteiger partial charge in [0.05, 0.1) is 0 Å². The molecule has 3 aromatic rings. The molecule has 1 aromatic heterocycles. The van der Waals surface area contributed by atoms with Crippen LogP contribution in [0.5, 0.6) is 0 Å². The largest absolute Gasteiger partial charge is 0.441 e. The van der Waals surface area contributed by atoms with E-state index in [0.29, 0.717) is 18.1 Å². The highest BCUT2D eigenvalue weighted by atomic mass is 79.9. The number of rotatable bonds is 9. The van der Waals surface area contributed by atoms with E-state index in [1.54, 1.807) is 0 Å². The molecule has 1 amide bonds. The average molecular weight is 518 g/mol. The number of hydrogen-bond acceptors (Lipinski definition) is 5. The van der Waals surface area contributed by atoms with Crippen LogP contribution in [0.2, 0.25) is 25.7 Å². The molecule has 1 heterocycles. The van der Waals surface area contributed by atoms with E-state index in [-0.39, 0.29) is 6.73 Å². The lowest BCUT2D eigenvalue weighted by Crippen LogP contribution is -2.22. The Labute approximate surface area is 198 Å². The van der Waals surface area contributed by atoms with E-state index < -0.39 is 20.3 Å². The molecule has 3 rings (SSSR count). The number of aromatic nitrogens is 3. The highest BCUT2D eigenvalue weighted by Gasteiger charge is 2.19. The van der Waals surface area contributed by atoms with Gasteiger partial charge in [0.15, 0.2) is 12.5 Å². The van der Waals surface area contributed by atoms with Crippen molar-refractivity contribution >= 4 is 35.9 Å². The van der Waals surface area contributed by atoms with Crippen LogP contribution in [0.4, 0.5) is 10.6 Å². The summed E-state index contributed by atoms with van der Waals surface area (Å²) in [5, 5.41) is 11.7. The van der Waals surface area contributed by atoms with E-state index in [4.69, 9.17) is 9.47 Å². The topological polar surface area (TPSA) is 78.3 Å². The third kappa shape index (κ3) is 7.28. The summed E-state index contributed by atoms with van der Waals surface area (Å²) in [5.41, 5.74) is 2.29. The third-order valence-electron chi connectivity index (χ3n) is 4.75. The van der Waals surface area contributed by atoms with Gasteiger partial charge >= 0.3 is 6.09 Å². The Morgan fingerprint density at radius 3 is 2.44 bits per heavy atom. The third-order valence-corrected chi connectivity index (χ3v) is 6.98. The van der Waals surface area contributed by atoms with Gasteiger partial charge in [-0.2, -0.15) is 4.80 Å². The number of nitrogens with zero attached hydrogens (tertiary/aromatic N) is 3. The molecule has 170 valence electrons. The molecule has 7 nitrogen and oxygen atoms in total. The summed E-state index contributed by atoms with van der Waals surface area (Å²) in [6, 6.07) is 18.3. The van der Waals surface area contributed by atoms with Gasteiger partial charge in [-0.05, 0) is 30.7 Å². The van der Waals surface area contributed by atoms with E-state index in [0.717, 1.165) is 21.6 Å². The van der Waals surface area contributed by atoms with Crippen LogP contribution < -0.4 is 5.32 Å². The molecule has 0 radical (unpaired) electrons. The second-order valence-electron chi connectivity index (χ2n) is 8.71. The fraction of sp³-hybridized carbons (Fsp3) is 0.348. The lowest BCUT2D eigenvalue weighted by molar-refractivity contribution is 0.0687. The van der Waals surface area contributed by atoms with Gasteiger partial charge in [-0.15, -0.1) is 10.2 Å². The summed E-state index contributed by atoms with van der Waals surface area (Å²) in [6.07, 6.45) is -0.987. The Bertz CT molecular complexity index is 1020. The second kappa shape index (κ2) is 10.9. The van der Waals surface area contributed by atoms with Gasteiger partial charge in [0.25, 0.3) is 0 Å². The molecular formula is C23H29BrN4O3Si. The molecule has 9 heteroatoms. The Kier molecular flexibility index (Phi) is 8.22. The number of benzene rings is 2. The van der Waals surface area contributed by atoms with E-state index in [2.05, 4.69) is 51.1 Å². The van der Waals surface area contributed by atoms with Crippen molar-refractivity contribution in [3.63, 3.8) is 0 Å². The summed E-state index contributed by atoms with van der Waals surface area (Å²) in [5.74, 6) is 0.325.